The Labute approximate surface area is 101 Å². The van der Waals surface area contributed by atoms with Crippen molar-refractivity contribution in [2.75, 3.05) is 12.4 Å². The zero-order valence-electron chi connectivity index (χ0n) is 9.66. The number of carbonyl (C=O) groups excluding carboxylic acids is 1. The third-order valence-corrected chi connectivity index (χ3v) is 2.84. The Hall–Kier alpha value is -1.22. The van der Waals surface area contributed by atoms with E-state index in [9.17, 15) is 4.79 Å². The highest BCUT2D eigenvalue weighted by Crippen LogP contribution is 2.18. The van der Waals surface area contributed by atoms with Crippen molar-refractivity contribution >= 4 is 17.7 Å². The first-order valence-electron chi connectivity index (χ1n) is 5.07. The lowest BCUT2D eigenvalue weighted by Gasteiger charge is -2.04. The van der Waals surface area contributed by atoms with Crippen LogP contribution in [-0.4, -0.2) is 18.3 Å². The zero-order valence-corrected chi connectivity index (χ0v) is 10.5. The molecule has 1 rings (SSSR count). The average molecular weight is 236 g/mol. The Balaban J connectivity index is 2.31. The molecule has 0 unspecified atom stereocenters. The standard InChI is InChI=1S/C13H16O2S/c1-10(2)8-15-13(14)9-16-12-6-4-11(3)5-7-12/h4-7H,1,8-9H2,2-3H3. The molecule has 0 aliphatic rings. The number of aryl methyl sites for hydroxylation is 1. The molecule has 1 aromatic rings. The van der Waals surface area contributed by atoms with E-state index < -0.39 is 0 Å². The normalized spacial score (nSPS) is 9.88. The summed E-state index contributed by atoms with van der Waals surface area (Å²) in [6.45, 7) is 7.85. The molecular weight excluding hydrogens is 220 g/mol. The maximum Gasteiger partial charge on any atom is 0.316 e. The highest BCUT2D eigenvalue weighted by molar-refractivity contribution is 8.00. The molecule has 0 spiro atoms. The van der Waals surface area contributed by atoms with Gasteiger partial charge in [0.2, 0.25) is 0 Å². The Kier molecular flexibility index (Phi) is 5.12. The van der Waals surface area contributed by atoms with Gasteiger partial charge in [-0.05, 0) is 31.6 Å². The largest absolute Gasteiger partial charge is 0.461 e. The smallest absolute Gasteiger partial charge is 0.316 e. The number of ether oxygens (including phenoxy) is 1. The average Bonchev–Trinajstić information content (AvgIpc) is 2.25. The van der Waals surface area contributed by atoms with E-state index in [2.05, 4.69) is 6.58 Å². The van der Waals surface area contributed by atoms with Crippen molar-refractivity contribution in [3.63, 3.8) is 0 Å². The second-order valence-electron chi connectivity index (χ2n) is 3.72. The van der Waals surface area contributed by atoms with Crippen LogP contribution in [0.15, 0.2) is 41.3 Å². The fourth-order valence-electron chi connectivity index (χ4n) is 1.02. The summed E-state index contributed by atoms with van der Waals surface area (Å²) in [5.41, 5.74) is 2.07. The van der Waals surface area contributed by atoms with Gasteiger partial charge >= 0.3 is 5.97 Å². The van der Waals surface area contributed by atoms with Crippen LogP contribution in [0, 0.1) is 6.92 Å². The second kappa shape index (κ2) is 6.38. The predicted octanol–water partition coefficient (Wildman–Crippen LogP) is 3.21. The molecule has 0 radical (unpaired) electrons. The number of benzene rings is 1. The van der Waals surface area contributed by atoms with Gasteiger partial charge in [0.1, 0.15) is 6.61 Å². The Morgan fingerprint density at radius 2 is 2.00 bits per heavy atom. The van der Waals surface area contributed by atoms with Crippen molar-refractivity contribution in [2.45, 2.75) is 18.7 Å². The molecule has 0 atom stereocenters. The first kappa shape index (κ1) is 12.8. The van der Waals surface area contributed by atoms with Gasteiger partial charge in [0.25, 0.3) is 0 Å². The third-order valence-electron chi connectivity index (χ3n) is 1.86. The van der Waals surface area contributed by atoms with Gasteiger partial charge in [-0.25, -0.2) is 0 Å². The van der Waals surface area contributed by atoms with Gasteiger partial charge < -0.3 is 4.74 Å². The summed E-state index contributed by atoms with van der Waals surface area (Å²) in [7, 11) is 0. The molecule has 3 heteroatoms. The fourth-order valence-corrected chi connectivity index (χ4v) is 1.72. The maximum atomic E-state index is 11.3. The monoisotopic (exact) mass is 236 g/mol. The van der Waals surface area contributed by atoms with Crippen LogP contribution in [0.1, 0.15) is 12.5 Å². The van der Waals surface area contributed by atoms with E-state index in [1.165, 1.54) is 17.3 Å². The van der Waals surface area contributed by atoms with E-state index in [0.29, 0.717) is 12.4 Å². The predicted molar refractivity (Wildman–Crippen MR) is 67.7 cm³/mol. The summed E-state index contributed by atoms with van der Waals surface area (Å²) in [6, 6.07) is 8.07. The zero-order chi connectivity index (χ0) is 12.0. The molecule has 16 heavy (non-hydrogen) atoms. The van der Waals surface area contributed by atoms with Crippen molar-refractivity contribution in [1.82, 2.24) is 0 Å². The molecule has 0 aliphatic heterocycles. The van der Waals surface area contributed by atoms with E-state index in [1.54, 1.807) is 0 Å². The van der Waals surface area contributed by atoms with Crippen LogP contribution in [0.3, 0.4) is 0 Å². The molecule has 0 amide bonds. The van der Waals surface area contributed by atoms with Crippen molar-refractivity contribution in [3.8, 4) is 0 Å². The van der Waals surface area contributed by atoms with Gasteiger partial charge in [0.15, 0.2) is 0 Å². The van der Waals surface area contributed by atoms with Gasteiger partial charge in [-0.2, -0.15) is 0 Å². The summed E-state index contributed by atoms with van der Waals surface area (Å²) in [6.07, 6.45) is 0. The van der Waals surface area contributed by atoms with Crippen LogP contribution < -0.4 is 0 Å². The van der Waals surface area contributed by atoms with Gasteiger partial charge in [-0.3, -0.25) is 4.79 Å². The van der Waals surface area contributed by atoms with E-state index in [1.807, 2.05) is 38.1 Å². The highest BCUT2D eigenvalue weighted by Gasteiger charge is 2.03. The lowest BCUT2D eigenvalue weighted by molar-refractivity contribution is -0.139. The lowest BCUT2D eigenvalue weighted by Crippen LogP contribution is -2.08. The molecule has 0 saturated carbocycles. The quantitative estimate of drug-likeness (QED) is 0.446. The summed E-state index contributed by atoms with van der Waals surface area (Å²) in [4.78, 5) is 12.4. The summed E-state index contributed by atoms with van der Waals surface area (Å²) in [5, 5.41) is 0. The van der Waals surface area contributed by atoms with Crippen LogP contribution in [0.5, 0.6) is 0 Å². The van der Waals surface area contributed by atoms with Crippen LogP contribution in [0.25, 0.3) is 0 Å². The third kappa shape index (κ3) is 5.03. The molecule has 0 saturated heterocycles. The van der Waals surface area contributed by atoms with Crippen molar-refractivity contribution in [2.24, 2.45) is 0 Å². The molecule has 0 bridgehead atoms. The van der Waals surface area contributed by atoms with Gasteiger partial charge in [0, 0.05) is 4.90 Å². The maximum absolute atomic E-state index is 11.3. The molecule has 0 heterocycles. The van der Waals surface area contributed by atoms with E-state index >= 15 is 0 Å². The number of esters is 1. The minimum absolute atomic E-state index is 0.200. The lowest BCUT2D eigenvalue weighted by atomic mass is 10.2. The van der Waals surface area contributed by atoms with E-state index in [4.69, 9.17) is 4.74 Å². The molecule has 0 N–H and O–H groups in total. The van der Waals surface area contributed by atoms with Crippen molar-refractivity contribution in [1.29, 1.82) is 0 Å². The molecule has 0 aliphatic carbocycles. The van der Waals surface area contributed by atoms with Gasteiger partial charge in [-0.15, -0.1) is 11.8 Å². The van der Waals surface area contributed by atoms with Gasteiger partial charge in [0.05, 0.1) is 5.75 Å². The second-order valence-corrected chi connectivity index (χ2v) is 4.77. The number of hydrogen-bond donors (Lipinski definition) is 0. The van der Waals surface area contributed by atoms with Crippen molar-refractivity contribution < 1.29 is 9.53 Å². The number of hydrogen-bond acceptors (Lipinski definition) is 3. The topological polar surface area (TPSA) is 26.3 Å². The van der Waals surface area contributed by atoms with Crippen LogP contribution >= 0.6 is 11.8 Å². The fraction of sp³-hybridized carbons (Fsp3) is 0.308. The molecule has 1 aromatic carbocycles. The minimum atomic E-state index is -0.200. The molecular formula is C13H16O2S. The first-order chi connectivity index (χ1) is 7.58. The van der Waals surface area contributed by atoms with Crippen LogP contribution in [0.2, 0.25) is 0 Å². The number of rotatable bonds is 5. The summed E-state index contributed by atoms with van der Waals surface area (Å²) < 4.78 is 4.99. The molecule has 86 valence electrons. The Bertz CT molecular complexity index is 368. The van der Waals surface area contributed by atoms with Crippen LogP contribution in [0.4, 0.5) is 0 Å². The SMILES string of the molecule is C=C(C)COC(=O)CSc1ccc(C)cc1. The first-order valence-corrected chi connectivity index (χ1v) is 6.06. The van der Waals surface area contributed by atoms with Crippen LogP contribution in [-0.2, 0) is 9.53 Å². The molecule has 0 fully saturated rings. The highest BCUT2D eigenvalue weighted by atomic mass is 32.2. The number of carbonyl (C=O) groups is 1. The summed E-state index contributed by atoms with van der Waals surface area (Å²) >= 11 is 1.48. The molecule has 2 nitrogen and oxygen atoms in total. The minimum Gasteiger partial charge on any atom is -0.461 e. The molecule has 0 aromatic heterocycles. The van der Waals surface area contributed by atoms with E-state index in [-0.39, 0.29) is 5.97 Å². The number of thioether (sulfide) groups is 1. The Morgan fingerprint density at radius 1 is 1.38 bits per heavy atom. The van der Waals surface area contributed by atoms with Crippen molar-refractivity contribution in [3.05, 3.63) is 42.0 Å². The van der Waals surface area contributed by atoms with E-state index in [0.717, 1.165) is 10.5 Å². The summed E-state index contributed by atoms with van der Waals surface area (Å²) in [5.74, 6) is 0.143. The van der Waals surface area contributed by atoms with Gasteiger partial charge in [-0.1, -0.05) is 24.3 Å². The Morgan fingerprint density at radius 3 is 2.56 bits per heavy atom.